The Bertz CT molecular complexity index is 1510. The van der Waals surface area contributed by atoms with Gasteiger partial charge in [0.2, 0.25) is 5.52 Å². The van der Waals surface area contributed by atoms with Gasteiger partial charge in [-0.3, -0.25) is 4.79 Å². The zero-order valence-corrected chi connectivity index (χ0v) is 18.5. The van der Waals surface area contributed by atoms with Gasteiger partial charge < -0.3 is 10.5 Å². The van der Waals surface area contributed by atoms with E-state index in [2.05, 4.69) is 15.6 Å². The Morgan fingerprint density at radius 2 is 2.03 bits per heavy atom. The molecular weight excluding hydrogens is 440 g/mol. The van der Waals surface area contributed by atoms with Crippen LogP contribution in [0.1, 0.15) is 22.8 Å². The van der Waals surface area contributed by atoms with Crippen molar-refractivity contribution in [2.75, 3.05) is 6.54 Å². The minimum atomic E-state index is -0.211. The molecule has 5 aromatic rings. The average molecular weight is 459 g/mol. The summed E-state index contributed by atoms with van der Waals surface area (Å²) in [5.41, 5.74) is 4.78. The molecule has 0 aliphatic rings. The van der Waals surface area contributed by atoms with E-state index in [1.54, 1.807) is 28.9 Å². The quantitative estimate of drug-likeness (QED) is 0.319. The first-order valence-electron chi connectivity index (χ1n) is 10.4. The van der Waals surface area contributed by atoms with Gasteiger partial charge in [-0.1, -0.05) is 28.9 Å². The summed E-state index contributed by atoms with van der Waals surface area (Å²) in [6.07, 6.45) is 1.48. The molecule has 33 heavy (non-hydrogen) atoms. The SMILES string of the molecule is CCNC(=O)c1ccc(-c2ccc3nnn(Cc4ccc5c(ccc[n+]5[O-])c4)c3n2)cc1Cl. The fourth-order valence-corrected chi connectivity index (χ4v) is 4.02. The zero-order valence-electron chi connectivity index (χ0n) is 17.7. The molecule has 0 atom stereocenters. The Morgan fingerprint density at radius 1 is 1.15 bits per heavy atom. The van der Waals surface area contributed by atoms with Crippen LogP contribution < -0.4 is 10.0 Å². The lowest BCUT2D eigenvalue weighted by atomic mass is 10.1. The Hall–Kier alpha value is -4.04. The van der Waals surface area contributed by atoms with Gasteiger partial charge >= 0.3 is 0 Å². The van der Waals surface area contributed by atoms with Gasteiger partial charge in [-0.05, 0) is 48.9 Å². The predicted octanol–water partition coefficient (Wildman–Crippen LogP) is 3.73. The molecule has 3 heterocycles. The number of nitrogens with zero attached hydrogens (tertiary/aromatic N) is 5. The molecule has 0 saturated carbocycles. The van der Waals surface area contributed by atoms with Crippen molar-refractivity contribution in [3.05, 3.63) is 88.2 Å². The van der Waals surface area contributed by atoms with E-state index in [1.165, 1.54) is 6.20 Å². The molecule has 0 aliphatic heterocycles. The molecule has 5 rings (SSSR count). The van der Waals surface area contributed by atoms with Crippen LogP contribution in [0.3, 0.4) is 0 Å². The van der Waals surface area contributed by atoms with Crippen LogP contribution in [0.5, 0.6) is 0 Å². The smallest absolute Gasteiger partial charge is 0.252 e. The number of carbonyl (C=O) groups is 1. The lowest BCUT2D eigenvalue weighted by Crippen LogP contribution is -2.25. The Morgan fingerprint density at radius 3 is 2.85 bits per heavy atom. The summed E-state index contributed by atoms with van der Waals surface area (Å²) in [6, 6.07) is 18.2. The minimum absolute atomic E-state index is 0.211. The number of benzene rings is 2. The number of carbonyl (C=O) groups excluding carboxylic acids is 1. The van der Waals surface area contributed by atoms with E-state index < -0.39 is 0 Å². The van der Waals surface area contributed by atoms with Gasteiger partial charge in [0.25, 0.3) is 5.91 Å². The van der Waals surface area contributed by atoms with Crippen molar-refractivity contribution < 1.29 is 9.52 Å². The molecule has 8 nitrogen and oxygen atoms in total. The van der Waals surface area contributed by atoms with Crippen molar-refractivity contribution in [3.63, 3.8) is 0 Å². The molecule has 0 aliphatic carbocycles. The van der Waals surface area contributed by atoms with Crippen LogP contribution in [0.2, 0.25) is 5.02 Å². The van der Waals surface area contributed by atoms with Gasteiger partial charge in [0.1, 0.15) is 5.52 Å². The molecule has 0 bridgehead atoms. The lowest BCUT2D eigenvalue weighted by molar-refractivity contribution is -0.577. The Kier molecular flexibility index (Phi) is 5.35. The Balaban J connectivity index is 1.48. The van der Waals surface area contributed by atoms with Crippen LogP contribution in [-0.2, 0) is 6.54 Å². The van der Waals surface area contributed by atoms with Gasteiger partial charge in [-0.15, -0.1) is 5.10 Å². The van der Waals surface area contributed by atoms with Gasteiger partial charge in [0, 0.05) is 29.6 Å². The van der Waals surface area contributed by atoms with Gasteiger partial charge in [0.15, 0.2) is 11.8 Å². The summed E-state index contributed by atoms with van der Waals surface area (Å²) in [5.74, 6) is -0.211. The summed E-state index contributed by atoms with van der Waals surface area (Å²) in [6.45, 7) is 2.84. The number of aromatic nitrogens is 5. The van der Waals surface area contributed by atoms with Crippen LogP contribution in [0, 0.1) is 5.21 Å². The molecule has 1 N–H and O–H groups in total. The van der Waals surface area contributed by atoms with E-state index in [0.717, 1.165) is 21.2 Å². The first-order valence-corrected chi connectivity index (χ1v) is 10.8. The lowest BCUT2D eigenvalue weighted by Gasteiger charge is -2.08. The summed E-state index contributed by atoms with van der Waals surface area (Å²) < 4.78 is 2.57. The molecule has 9 heteroatoms. The predicted molar refractivity (Wildman–Crippen MR) is 126 cm³/mol. The van der Waals surface area contributed by atoms with E-state index in [1.807, 2.05) is 43.3 Å². The summed E-state index contributed by atoms with van der Waals surface area (Å²) >= 11 is 6.36. The number of hydrogen-bond donors (Lipinski definition) is 1. The molecule has 1 amide bonds. The van der Waals surface area contributed by atoms with E-state index in [9.17, 15) is 10.0 Å². The number of rotatable bonds is 5. The van der Waals surface area contributed by atoms with Crippen LogP contribution in [0.15, 0.2) is 66.9 Å². The van der Waals surface area contributed by atoms with Gasteiger partial charge in [-0.25, -0.2) is 9.67 Å². The van der Waals surface area contributed by atoms with E-state index >= 15 is 0 Å². The molecule has 0 saturated heterocycles. The second-order valence-corrected chi connectivity index (χ2v) is 7.97. The highest BCUT2D eigenvalue weighted by atomic mass is 35.5. The molecule has 0 fully saturated rings. The molecular formula is C24H19ClN6O2. The average Bonchev–Trinajstić information content (AvgIpc) is 3.21. The fourth-order valence-electron chi connectivity index (χ4n) is 3.75. The molecule has 0 radical (unpaired) electrons. The van der Waals surface area contributed by atoms with Crippen molar-refractivity contribution in [3.8, 4) is 11.3 Å². The monoisotopic (exact) mass is 458 g/mol. The highest BCUT2D eigenvalue weighted by Crippen LogP contribution is 2.26. The summed E-state index contributed by atoms with van der Waals surface area (Å²) in [7, 11) is 0. The van der Waals surface area contributed by atoms with E-state index in [0.29, 0.717) is 46.1 Å². The third-order valence-electron chi connectivity index (χ3n) is 5.37. The number of halogens is 1. The van der Waals surface area contributed by atoms with Crippen LogP contribution in [0.4, 0.5) is 0 Å². The fraction of sp³-hybridized carbons (Fsp3) is 0.125. The normalized spacial score (nSPS) is 11.2. The van der Waals surface area contributed by atoms with Crippen LogP contribution in [-0.4, -0.2) is 32.4 Å². The highest BCUT2D eigenvalue weighted by molar-refractivity contribution is 6.34. The third kappa shape index (κ3) is 3.96. The molecule has 3 aromatic heterocycles. The summed E-state index contributed by atoms with van der Waals surface area (Å²) in [4.78, 5) is 16.9. The van der Waals surface area contributed by atoms with Crippen molar-refractivity contribution in [1.82, 2.24) is 25.3 Å². The number of nitrogens with one attached hydrogen (secondary N) is 1. The van der Waals surface area contributed by atoms with E-state index in [-0.39, 0.29) is 5.91 Å². The van der Waals surface area contributed by atoms with Crippen LogP contribution >= 0.6 is 11.6 Å². The highest BCUT2D eigenvalue weighted by Gasteiger charge is 2.14. The summed E-state index contributed by atoms with van der Waals surface area (Å²) in [5, 5.41) is 24.4. The van der Waals surface area contributed by atoms with Crippen molar-refractivity contribution >= 4 is 39.6 Å². The van der Waals surface area contributed by atoms with Gasteiger partial charge in [0.05, 0.1) is 22.8 Å². The van der Waals surface area contributed by atoms with Crippen molar-refractivity contribution in [2.24, 2.45) is 0 Å². The minimum Gasteiger partial charge on any atom is -0.618 e. The first kappa shape index (κ1) is 20.8. The molecule has 164 valence electrons. The second kappa shape index (κ2) is 8.48. The maximum Gasteiger partial charge on any atom is 0.252 e. The van der Waals surface area contributed by atoms with E-state index in [4.69, 9.17) is 16.6 Å². The third-order valence-corrected chi connectivity index (χ3v) is 5.68. The zero-order chi connectivity index (χ0) is 22.9. The molecule has 2 aromatic carbocycles. The second-order valence-electron chi connectivity index (χ2n) is 7.57. The molecule has 0 spiro atoms. The maximum absolute atomic E-state index is 12.1. The standard InChI is InChI=1S/C24H19ClN6O2/c1-2-26-24(32)18-7-6-16(13-19(18)25)20-8-9-21-23(27-20)30(29-28-21)14-15-5-10-22-17(12-15)4-3-11-31(22)33/h3-13H,2,14H2,1H3,(H,26,32). The number of hydrogen-bond acceptors (Lipinski definition) is 5. The van der Waals surface area contributed by atoms with Gasteiger partial charge in [-0.2, -0.15) is 4.73 Å². The number of pyridine rings is 2. The first-order chi connectivity index (χ1) is 16.0. The van der Waals surface area contributed by atoms with Crippen molar-refractivity contribution in [1.29, 1.82) is 0 Å². The topological polar surface area (TPSA) is 99.6 Å². The van der Waals surface area contributed by atoms with Crippen LogP contribution in [0.25, 0.3) is 33.3 Å². The Labute approximate surface area is 194 Å². The maximum atomic E-state index is 12.1. The number of fused-ring (bicyclic) bond motifs is 2. The number of amides is 1. The molecule has 0 unspecified atom stereocenters. The van der Waals surface area contributed by atoms with Crippen molar-refractivity contribution in [2.45, 2.75) is 13.5 Å². The largest absolute Gasteiger partial charge is 0.618 e.